The fourth-order valence-electron chi connectivity index (χ4n) is 2.74. The van der Waals surface area contributed by atoms with Crippen molar-refractivity contribution < 1.29 is 4.79 Å². The zero-order valence-electron chi connectivity index (χ0n) is 14.2. The van der Waals surface area contributed by atoms with Crippen LogP contribution < -0.4 is 10.6 Å². The lowest BCUT2D eigenvalue weighted by Gasteiger charge is -2.19. The first-order valence-electron chi connectivity index (χ1n) is 8.40. The maximum atomic E-state index is 12.5. The van der Waals surface area contributed by atoms with Crippen molar-refractivity contribution in [3.8, 4) is 0 Å². The Bertz CT molecular complexity index is 772. The largest absolute Gasteiger partial charge is 0.343 e. The lowest BCUT2D eigenvalue weighted by molar-refractivity contribution is -0.120. The summed E-state index contributed by atoms with van der Waals surface area (Å²) in [4.78, 5) is 13.6. The van der Waals surface area contributed by atoms with E-state index in [-0.39, 0.29) is 24.5 Å². The number of amides is 1. The minimum atomic E-state index is -0.109. The van der Waals surface area contributed by atoms with Gasteiger partial charge in [0.1, 0.15) is 0 Å². The maximum absolute atomic E-state index is 12.5. The molecule has 2 atom stereocenters. The minimum absolute atomic E-state index is 0.00923. The highest BCUT2D eigenvalue weighted by molar-refractivity contribution is 7.10. The van der Waals surface area contributed by atoms with Gasteiger partial charge in [0, 0.05) is 10.9 Å². The molecule has 3 aromatic rings. The predicted octanol–water partition coefficient (Wildman–Crippen LogP) is 4.30. The van der Waals surface area contributed by atoms with Crippen LogP contribution in [0.25, 0.3) is 0 Å². The van der Waals surface area contributed by atoms with Crippen LogP contribution in [0.5, 0.6) is 0 Å². The molecular formula is C21H22N2OS. The van der Waals surface area contributed by atoms with E-state index in [9.17, 15) is 4.79 Å². The van der Waals surface area contributed by atoms with Gasteiger partial charge in [-0.05, 0) is 29.5 Å². The molecule has 128 valence electrons. The zero-order valence-corrected chi connectivity index (χ0v) is 15.0. The molecule has 2 N–H and O–H groups in total. The van der Waals surface area contributed by atoms with E-state index in [0.29, 0.717) is 0 Å². The van der Waals surface area contributed by atoms with Crippen LogP contribution in [-0.2, 0) is 4.79 Å². The molecule has 0 saturated heterocycles. The summed E-state index contributed by atoms with van der Waals surface area (Å²) in [5.41, 5.74) is 2.27. The second-order valence-corrected chi connectivity index (χ2v) is 6.92. The second-order valence-electron chi connectivity index (χ2n) is 5.94. The van der Waals surface area contributed by atoms with Crippen molar-refractivity contribution in [1.82, 2.24) is 10.6 Å². The third kappa shape index (κ3) is 4.78. The number of thiophene rings is 1. The molecule has 3 rings (SSSR count). The molecule has 0 radical (unpaired) electrons. The van der Waals surface area contributed by atoms with Gasteiger partial charge in [0.05, 0.1) is 12.6 Å². The van der Waals surface area contributed by atoms with Crippen LogP contribution in [-0.4, -0.2) is 12.5 Å². The summed E-state index contributed by atoms with van der Waals surface area (Å²) in [5.74, 6) is -0.00923. The summed E-state index contributed by atoms with van der Waals surface area (Å²) in [6.07, 6.45) is 0. The Morgan fingerprint density at radius 2 is 1.56 bits per heavy atom. The molecule has 25 heavy (non-hydrogen) atoms. The van der Waals surface area contributed by atoms with Gasteiger partial charge in [-0.25, -0.2) is 0 Å². The lowest BCUT2D eigenvalue weighted by Crippen LogP contribution is -2.37. The standard InChI is InChI=1S/C21H22N2OS/c1-16(17-9-4-2-5-10-17)22-15-20(24)23-21(19-13-8-14-25-19)18-11-6-3-7-12-18/h2-14,16,21-22H,15H2,1H3,(H,23,24)/t16-,21+/m0/s1. The Labute approximate surface area is 152 Å². The fourth-order valence-corrected chi connectivity index (χ4v) is 3.54. The third-order valence-electron chi connectivity index (χ3n) is 4.13. The number of hydrogen-bond acceptors (Lipinski definition) is 3. The van der Waals surface area contributed by atoms with Gasteiger partial charge in [-0.2, -0.15) is 0 Å². The Morgan fingerprint density at radius 1 is 0.920 bits per heavy atom. The van der Waals surface area contributed by atoms with E-state index in [1.807, 2.05) is 60.0 Å². The molecule has 0 bridgehead atoms. The van der Waals surface area contributed by atoms with E-state index in [1.54, 1.807) is 11.3 Å². The van der Waals surface area contributed by atoms with Gasteiger partial charge in [-0.1, -0.05) is 66.7 Å². The molecule has 0 aliphatic carbocycles. The summed E-state index contributed by atoms with van der Waals surface area (Å²) < 4.78 is 0. The number of nitrogens with one attached hydrogen (secondary N) is 2. The summed E-state index contributed by atoms with van der Waals surface area (Å²) in [6.45, 7) is 2.35. The van der Waals surface area contributed by atoms with E-state index in [0.717, 1.165) is 10.4 Å². The van der Waals surface area contributed by atoms with Crippen LogP contribution in [0.4, 0.5) is 0 Å². The molecule has 3 nitrogen and oxygen atoms in total. The van der Waals surface area contributed by atoms with Crippen molar-refractivity contribution in [1.29, 1.82) is 0 Å². The van der Waals surface area contributed by atoms with Gasteiger partial charge in [0.2, 0.25) is 5.91 Å². The van der Waals surface area contributed by atoms with Gasteiger partial charge in [-0.3, -0.25) is 4.79 Å². The molecule has 1 amide bonds. The normalized spacial score (nSPS) is 13.2. The third-order valence-corrected chi connectivity index (χ3v) is 5.07. The van der Waals surface area contributed by atoms with Gasteiger partial charge < -0.3 is 10.6 Å². The molecule has 0 unspecified atom stereocenters. The van der Waals surface area contributed by atoms with Crippen molar-refractivity contribution in [3.05, 3.63) is 94.2 Å². The SMILES string of the molecule is C[C@H](NCC(=O)N[C@H](c1ccccc1)c1cccs1)c1ccccc1. The highest BCUT2D eigenvalue weighted by Gasteiger charge is 2.18. The van der Waals surface area contributed by atoms with E-state index in [2.05, 4.69) is 35.8 Å². The number of carbonyl (C=O) groups is 1. The fraction of sp³-hybridized carbons (Fsp3) is 0.190. The van der Waals surface area contributed by atoms with Gasteiger partial charge in [0.15, 0.2) is 0 Å². The number of carbonyl (C=O) groups excluding carboxylic acids is 1. The smallest absolute Gasteiger partial charge is 0.234 e. The summed E-state index contributed by atoms with van der Waals surface area (Å²) in [5, 5.41) is 8.48. The van der Waals surface area contributed by atoms with Gasteiger partial charge >= 0.3 is 0 Å². The first kappa shape index (κ1) is 17.4. The van der Waals surface area contributed by atoms with Crippen LogP contribution in [0, 0.1) is 0 Å². The zero-order chi connectivity index (χ0) is 17.5. The molecule has 0 fully saturated rings. The highest BCUT2D eigenvalue weighted by Crippen LogP contribution is 2.25. The van der Waals surface area contributed by atoms with Crippen LogP contribution in [0.3, 0.4) is 0 Å². The molecule has 2 aromatic carbocycles. The van der Waals surface area contributed by atoms with E-state index >= 15 is 0 Å². The Hall–Kier alpha value is -2.43. The number of benzene rings is 2. The first-order valence-corrected chi connectivity index (χ1v) is 9.28. The van der Waals surface area contributed by atoms with E-state index < -0.39 is 0 Å². The summed E-state index contributed by atoms with van der Waals surface area (Å²) in [6, 6.07) is 24.3. The quantitative estimate of drug-likeness (QED) is 0.667. The van der Waals surface area contributed by atoms with Crippen LogP contribution in [0.15, 0.2) is 78.2 Å². The van der Waals surface area contributed by atoms with Crippen LogP contribution in [0.1, 0.15) is 35.0 Å². The van der Waals surface area contributed by atoms with Gasteiger partial charge in [-0.15, -0.1) is 11.3 Å². The van der Waals surface area contributed by atoms with Crippen LogP contribution in [0.2, 0.25) is 0 Å². The minimum Gasteiger partial charge on any atom is -0.343 e. The average Bonchev–Trinajstić information content (AvgIpc) is 3.20. The molecule has 0 aliphatic rings. The molecule has 1 aromatic heterocycles. The molecule has 0 aliphatic heterocycles. The van der Waals surface area contributed by atoms with E-state index in [4.69, 9.17) is 0 Å². The van der Waals surface area contributed by atoms with Crippen molar-refractivity contribution >= 4 is 17.2 Å². The lowest BCUT2D eigenvalue weighted by atomic mass is 10.1. The molecule has 4 heteroatoms. The molecule has 1 heterocycles. The average molecular weight is 350 g/mol. The number of hydrogen-bond donors (Lipinski definition) is 2. The molecular weight excluding hydrogens is 328 g/mol. The van der Waals surface area contributed by atoms with Gasteiger partial charge in [0.25, 0.3) is 0 Å². The Kier molecular flexibility index (Phi) is 5.99. The van der Waals surface area contributed by atoms with Crippen molar-refractivity contribution in [2.45, 2.75) is 19.0 Å². The predicted molar refractivity (Wildman–Crippen MR) is 104 cm³/mol. The highest BCUT2D eigenvalue weighted by atomic mass is 32.1. The Morgan fingerprint density at radius 3 is 2.16 bits per heavy atom. The maximum Gasteiger partial charge on any atom is 0.234 e. The number of rotatable bonds is 7. The summed E-state index contributed by atoms with van der Waals surface area (Å²) in [7, 11) is 0. The monoisotopic (exact) mass is 350 g/mol. The topological polar surface area (TPSA) is 41.1 Å². The van der Waals surface area contributed by atoms with Crippen molar-refractivity contribution in [3.63, 3.8) is 0 Å². The van der Waals surface area contributed by atoms with Crippen molar-refractivity contribution in [2.24, 2.45) is 0 Å². The Balaban J connectivity index is 1.63. The molecule has 0 saturated carbocycles. The summed E-state index contributed by atoms with van der Waals surface area (Å²) >= 11 is 1.65. The molecule has 0 spiro atoms. The first-order chi connectivity index (χ1) is 12.2. The van der Waals surface area contributed by atoms with Crippen molar-refractivity contribution in [2.75, 3.05) is 6.54 Å². The second kappa shape index (κ2) is 8.60. The van der Waals surface area contributed by atoms with Crippen LogP contribution >= 0.6 is 11.3 Å². The van der Waals surface area contributed by atoms with E-state index in [1.165, 1.54) is 5.56 Å².